The maximum absolute atomic E-state index is 2.50. The van der Waals surface area contributed by atoms with E-state index in [1.807, 2.05) is 0 Å². The van der Waals surface area contributed by atoms with Gasteiger partial charge in [0.2, 0.25) is 0 Å². The molecule has 0 amide bonds. The summed E-state index contributed by atoms with van der Waals surface area (Å²) in [4.78, 5) is 0. The van der Waals surface area contributed by atoms with Gasteiger partial charge in [-0.2, -0.15) is 0 Å². The number of nitrogens with zero attached hydrogens (tertiary/aromatic N) is 1. The lowest BCUT2D eigenvalue weighted by Crippen LogP contribution is -2.14. The highest BCUT2D eigenvalue weighted by Crippen LogP contribution is 2.53. The maximum atomic E-state index is 2.50. The number of hydrogen-bond donors (Lipinski definition) is 0. The van der Waals surface area contributed by atoms with Gasteiger partial charge in [-0.15, -0.1) is 0 Å². The minimum atomic E-state index is -0.0451. The predicted octanol–water partition coefficient (Wildman–Crippen LogP) is 9.40. The van der Waals surface area contributed by atoms with E-state index < -0.39 is 0 Å². The van der Waals surface area contributed by atoms with Crippen molar-refractivity contribution in [1.29, 1.82) is 0 Å². The third-order valence-electron chi connectivity index (χ3n) is 8.34. The van der Waals surface area contributed by atoms with Gasteiger partial charge in [-0.3, -0.25) is 0 Å². The van der Waals surface area contributed by atoms with Crippen LogP contribution in [0.15, 0.2) is 115 Å². The number of aromatic nitrogens is 1. The Labute approximate surface area is 210 Å². The topological polar surface area (TPSA) is 4.93 Å². The Bertz CT molecular complexity index is 1980. The maximum Gasteiger partial charge on any atom is 0.0584 e. The summed E-state index contributed by atoms with van der Waals surface area (Å²) in [5.74, 6) is 0. The van der Waals surface area contributed by atoms with E-state index in [9.17, 15) is 0 Å². The molecule has 7 aromatic rings. The summed E-state index contributed by atoms with van der Waals surface area (Å²) < 4.78 is 2.50. The highest BCUT2D eigenvalue weighted by molar-refractivity contribution is 6.25. The average molecular weight is 460 g/mol. The van der Waals surface area contributed by atoms with E-state index in [1.165, 1.54) is 71.3 Å². The van der Waals surface area contributed by atoms with Crippen molar-refractivity contribution in [2.24, 2.45) is 0 Å². The standard InChI is InChI=1S/C35H25N/c1-35(2)31-17-9-7-15-28(31)34-33(35)29-16-8-10-18-32(29)36(34)22-19-20-27-25-13-4-3-11-23(25)24-12-5-6-14-26(24)30(27)21-22/h3-21H,1-2H3. The molecule has 6 aromatic carbocycles. The largest absolute Gasteiger partial charge is 0.309 e. The second-order valence-corrected chi connectivity index (χ2v) is 10.6. The van der Waals surface area contributed by atoms with Gasteiger partial charge in [0.15, 0.2) is 0 Å². The first kappa shape index (κ1) is 19.9. The molecule has 1 aromatic heterocycles. The Hall–Kier alpha value is -4.36. The minimum absolute atomic E-state index is 0.0451. The van der Waals surface area contributed by atoms with Gasteiger partial charge >= 0.3 is 0 Å². The first-order chi connectivity index (χ1) is 17.6. The molecule has 0 atom stereocenters. The lowest BCUT2D eigenvalue weighted by Gasteiger charge is -2.21. The molecule has 8 rings (SSSR count). The van der Waals surface area contributed by atoms with Gasteiger partial charge in [-0.1, -0.05) is 111 Å². The SMILES string of the molecule is CC1(C)c2ccccc2-c2c1c1ccccc1n2-c1ccc2c3ccccc3c3ccccc3c2c1. The number of fused-ring (bicyclic) bond motifs is 11. The molecule has 0 radical (unpaired) electrons. The van der Waals surface area contributed by atoms with Crippen molar-refractivity contribution in [2.75, 3.05) is 0 Å². The third kappa shape index (κ3) is 2.40. The molecular formula is C35H25N. The molecule has 0 saturated heterocycles. The van der Waals surface area contributed by atoms with Crippen LogP contribution in [-0.4, -0.2) is 4.57 Å². The van der Waals surface area contributed by atoms with Crippen LogP contribution >= 0.6 is 0 Å². The summed E-state index contributed by atoms with van der Waals surface area (Å²) >= 11 is 0. The normalized spacial score (nSPS) is 14.1. The summed E-state index contributed by atoms with van der Waals surface area (Å²) in [6, 6.07) is 42.5. The van der Waals surface area contributed by atoms with Crippen LogP contribution in [0.5, 0.6) is 0 Å². The van der Waals surface area contributed by atoms with Crippen molar-refractivity contribution >= 4 is 43.2 Å². The molecule has 170 valence electrons. The van der Waals surface area contributed by atoms with Crippen LogP contribution in [0.4, 0.5) is 0 Å². The first-order valence-electron chi connectivity index (χ1n) is 12.7. The van der Waals surface area contributed by atoms with Crippen LogP contribution in [0, 0.1) is 0 Å². The molecule has 0 N–H and O–H groups in total. The Morgan fingerprint density at radius 3 is 1.72 bits per heavy atom. The van der Waals surface area contributed by atoms with Crippen LogP contribution < -0.4 is 0 Å². The zero-order valence-electron chi connectivity index (χ0n) is 20.4. The Morgan fingerprint density at radius 1 is 0.500 bits per heavy atom. The molecule has 1 nitrogen and oxygen atoms in total. The fourth-order valence-electron chi connectivity index (χ4n) is 6.80. The van der Waals surface area contributed by atoms with Gasteiger partial charge in [0.1, 0.15) is 0 Å². The molecule has 1 heteroatoms. The number of hydrogen-bond acceptors (Lipinski definition) is 0. The highest BCUT2D eigenvalue weighted by Gasteiger charge is 2.40. The van der Waals surface area contributed by atoms with Crippen LogP contribution in [0.3, 0.4) is 0 Å². The zero-order chi connectivity index (χ0) is 24.0. The molecule has 1 heterocycles. The molecule has 0 fully saturated rings. The van der Waals surface area contributed by atoms with Gasteiger partial charge < -0.3 is 4.57 Å². The number of benzene rings is 6. The van der Waals surface area contributed by atoms with Gasteiger partial charge in [0, 0.05) is 22.1 Å². The monoisotopic (exact) mass is 459 g/mol. The fourth-order valence-corrected chi connectivity index (χ4v) is 6.80. The van der Waals surface area contributed by atoms with E-state index in [0.717, 1.165) is 0 Å². The van der Waals surface area contributed by atoms with E-state index in [-0.39, 0.29) is 5.41 Å². The lowest BCUT2D eigenvalue weighted by molar-refractivity contribution is 0.666. The van der Waals surface area contributed by atoms with E-state index in [1.54, 1.807) is 0 Å². The molecule has 0 bridgehead atoms. The van der Waals surface area contributed by atoms with Crippen molar-refractivity contribution < 1.29 is 0 Å². The third-order valence-corrected chi connectivity index (χ3v) is 8.34. The first-order valence-corrected chi connectivity index (χ1v) is 12.7. The summed E-state index contributed by atoms with van der Waals surface area (Å²) in [7, 11) is 0. The minimum Gasteiger partial charge on any atom is -0.309 e. The number of rotatable bonds is 1. The van der Waals surface area contributed by atoms with Crippen molar-refractivity contribution in [1.82, 2.24) is 4.57 Å². The highest BCUT2D eigenvalue weighted by atomic mass is 15.0. The summed E-state index contributed by atoms with van der Waals surface area (Å²) in [5.41, 5.74) is 7.96. The fraction of sp³-hybridized carbons (Fsp3) is 0.0857. The molecule has 0 saturated carbocycles. The molecular weight excluding hydrogens is 434 g/mol. The van der Waals surface area contributed by atoms with Crippen molar-refractivity contribution in [3.8, 4) is 16.9 Å². The molecule has 0 spiro atoms. The van der Waals surface area contributed by atoms with E-state index in [4.69, 9.17) is 0 Å². The van der Waals surface area contributed by atoms with Crippen LogP contribution in [0.2, 0.25) is 0 Å². The van der Waals surface area contributed by atoms with Crippen LogP contribution in [0.25, 0.3) is 60.2 Å². The van der Waals surface area contributed by atoms with Crippen LogP contribution in [-0.2, 0) is 5.41 Å². The second kappa shape index (κ2) is 6.86. The van der Waals surface area contributed by atoms with Gasteiger partial charge in [-0.05, 0) is 61.6 Å². The molecule has 0 unspecified atom stereocenters. The van der Waals surface area contributed by atoms with Crippen molar-refractivity contribution in [2.45, 2.75) is 19.3 Å². The Morgan fingerprint density at radius 2 is 1.03 bits per heavy atom. The van der Waals surface area contributed by atoms with Gasteiger partial charge in [0.25, 0.3) is 0 Å². The smallest absolute Gasteiger partial charge is 0.0584 e. The molecule has 36 heavy (non-hydrogen) atoms. The van der Waals surface area contributed by atoms with Crippen molar-refractivity contribution in [3.05, 3.63) is 126 Å². The molecule has 1 aliphatic rings. The quantitative estimate of drug-likeness (QED) is 0.215. The summed E-state index contributed by atoms with van der Waals surface area (Å²) in [6.45, 7) is 4.74. The summed E-state index contributed by atoms with van der Waals surface area (Å²) in [6.07, 6.45) is 0. The molecule has 0 aliphatic heterocycles. The zero-order valence-corrected chi connectivity index (χ0v) is 20.4. The predicted molar refractivity (Wildman–Crippen MR) is 153 cm³/mol. The van der Waals surface area contributed by atoms with Crippen LogP contribution in [0.1, 0.15) is 25.0 Å². The summed E-state index contributed by atoms with van der Waals surface area (Å²) in [5, 5.41) is 9.20. The van der Waals surface area contributed by atoms with E-state index in [2.05, 4.69) is 134 Å². The molecule has 1 aliphatic carbocycles. The Balaban J connectivity index is 1.54. The van der Waals surface area contributed by atoms with E-state index in [0.29, 0.717) is 0 Å². The Kier molecular flexibility index (Phi) is 3.79. The second-order valence-electron chi connectivity index (χ2n) is 10.6. The average Bonchev–Trinajstić information content (AvgIpc) is 3.40. The van der Waals surface area contributed by atoms with Crippen molar-refractivity contribution in [3.63, 3.8) is 0 Å². The number of para-hydroxylation sites is 1. The van der Waals surface area contributed by atoms with Gasteiger partial charge in [-0.25, -0.2) is 0 Å². The lowest BCUT2D eigenvalue weighted by atomic mass is 9.81. The van der Waals surface area contributed by atoms with Gasteiger partial charge in [0.05, 0.1) is 11.2 Å². The van der Waals surface area contributed by atoms with E-state index >= 15 is 0 Å².